The van der Waals surface area contributed by atoms with Gasteiger partial charge >= 0.3 is 0 Å². The monoisotopic (exact) mass is 253 g/mol. The Kier molecular flexibility index (Phi) is 6.09. The second-order valence-corrected chi connectivity index (χ2v) is 4.48. The lowest BCUT2D eigenvalue weighted by atomic mass is 10.1. The third-order valence-corrected chi connectivity index (χ3v) is 2.87. The Morgan fingerprint density at radius 1 is 1.53 bits per heavy atom. The smallest absolute Gasteiger partial charge is 0.124 e. The molecule has 0 heterocycles. The minimum Gasteiger partial charge on any atom is -0.489 e. The number of rotatable bonds is 7. The second kappa shape index (κ2) is 7.36. The van der Waals surface area contributed by atoms with Crippen LogP contribution in [0.1, 0.15) is 25.8 Å². The van der Waals surface area contributed by atoms with E-state index in [1.165, 1.54) is 0 Å². The molecule has 0 aliphatic heterocycles. The average molecular weight is 254 g/mol. The minimum atomic E-state index is 0.487. The molecule has 2 nitrogen and oxygen atoms in total. The quantitative estimate of drug-likeness (QED) is 0.747. The summed E-state index contributed by atoms with van der Waals surface area (Å²) in [5, 5.41) is 4.16. The van der Waals surface area contributed by atoms with Gasteiger partial charge in [0.25, 0.3) is 0 Å². The highest BCUT2D eigenvalue weighted by Gasteiger charge is 2.06. The summed E-state index contributed by atoms with van der Waals surface area (Å²) in [6.07, 6.45) is 2.84. The van der Waals surface area contributed by atoms with Gasteiger partial charge in [0.1, 0.15) is 12.4 Å². The summed E-state index contributed by atoms with van der Waals surface area (Å²) in [6, 6.07) is 6.17. The highest BCUT2D eigenvalue weighted by atomic mass is 35.5. The molecule has 1 unspecified atom stereocenters. The lowest BCUT2D eigenvalue weighted by Gasteiger charge is -2.14. The first-order valence-corrected chi connectivity index (χ1v) is 6.30. The Bertz CT molecular complexity index is 365. The number of benzene rings is 1. The topological polar surface area (TPSA) is 21.3 Å². The van der Waals surface area contributed by atoms with Gasteiger partial charge in [-0.15, -0.1) is 0 Å². The molecule has 0 saturated carbocycles. The first kappa shape index (κ1) is 14.1. The normalized spacial score (nSPS) is 12.2. The van der Waals surface area contributed by atoms with Crippen molar-refractivity contribution in [2.45, 2.75) is 32.9 Å². The maximum Gasteiger partial charge on any atom is 0.124 e. The summed E-state index contributed by atoms with van der Waals surface area (Å²) in [5.74, 6) is 0.866. The SMILES string of the molecule is C=CCOc1ccc(Cl)cc1CNC(C)CC. The molecule has 0 aliphatic rings. The van der Waals surface area contributed by atoms with Crippen molar-refractivity contribution < 1.29 is 4.74 Å². The van der Waals surface area contributed by atoms with Crippen LogP contribution in [0.3, 0.4) is 0 Å². The second-order valence-electron chi connectivity index (χ2n) is 4.04. The maximum absolute atomic E-state index is 6.00. The molecule has 0 aliphatic carbocycles. The predicted molar refractivity (Wildman–Crippen MR) is 73.7 cm³/mol. The largest absolute Gasteiger partial charge is 0.489 e. The summed E-state index contributed by atoms with van der Waals surface area (Å²) in [7, 11) is 0. The van der Waals surface area contributed by atoms with Gasteiger partial charge in [0, 0.05) is 23.2 Å². The molecule has 3 heteroatoms. The molecule has 1 N–H and O–H groups in total. The maximum atomic E-state index is 6.00. The van der Waals surface area contributed by atoms with Crippen molar-refractivity contribution in [1.29, 1.82) is 0 Å². The molecule has 1 rings (SSSR count). The first-order valence-electron chi connectivity index (χ1n) is 5.92. The molecule has 1 aromatic carbocycles. The Hall–Kier alpha value is -0.990. The van der Waals surface area contributed by atoms with Crippen LogP contribution in [-0.2, 0) is 6.54 Å². The van der Waals surface area contributed by atoms with Crippen molar-refractivity contribution in [3.8, 4) is 5.75 Å². The molecule has 0 fully saturated rings. The van der Waals surface area contributed by atoms with Crippen molar-refractivity contribution in [1.82, 2.24) is 5.32 Å². The Balaban J connectivity index is 2.72. The van der Waals surface area contributed by atoms with E-state index in [0.717, 1.165) is 29.3 Å². The van der Waals surface area contributed by atoms with Crippen molar-refractivity contribution in [2.75, 3.05) is 6.61 Å². The standard InChI is InChI=1S/C14H20ClNO/c1-4-8-17-14-7-6-13(15)9-12(14)10-16-11(3)5-2/h4,6-7,9,11,16H,1,5,8,10H2,2-3H3. The minimum absolute atomic E-state index is 0.487. The molecule has 1 aromatic rings. The highest BCUT2D eigenvalue weighted by molar-refractivity contribution is 6.30. The van der Waals surface area contributed by atoms with E-state index in [-0.39, 0.29) is 0 Å². The lowest BCUT2D eigenvalue weighted by molar-refractivity contribution is 0.356. The zero-order valence-electron chi connectivity index (χ0n) is 10.5. The molecule has 0 bridgehead atoms. The first-order chi connectivity index (χ1) is 8.17. The van der Waals surface area contributed by atoms with E-state index in [4.69, 9.17) is 16.3 Å². The van der Waals surface area contributed by atoms with E-state index in [2.05, 4.69) is 25.7 Å². The van der Waals surface area contributed by atoms with Crippen LogP contribution in [0.2, 0.25) is 5.02 Å². The van der Waals surface area contributed by atoms with Gasteiger partial charge in [-0.3, -0.25) is 0 Å². The van der Waals surface area contributed by atoms with E-state index in [1.807, 2.05) is 18.2 Å². The van der Waals surface area contributed by atoms with Crippen LogP contribution in [0.25, 0.3) is 0 Å². The summed E-state index contributed by atoms with van der Waals surface area (Å²) in [5.41, 5.74) is 1.08. The highest BCUT2D eigenvalue weighted by Crippen LogP contribution is 2.23. The van der Waals surface area contributed by atoms with Gasteiger partial charge in [-0.2, -0.15) is 0 Å². The molecule has 0 saturated heterocycles. The summed E-state index contributed by atoms with van der Waals surface area (Å²) < 4.78 is 5.59. The fourth-order valence-corrected chi connectivity index (χ4v) is 1.60. The van der Waals surface area contributed by atoms with Gasteiger partial charge in [-0.05, 0) is 31.5 Å². The van der Waals surface area contributed by atoms with E-state index in [1.54, 1.807) is 6.08 Å². The Morgan fingerprint density at radius 3 is 2.94 bits per heavy atom. The Labute approximate surface area is 109 Å². The van der Waals surface area contributed by atoms with Crippen LogP contribution in [0.5, 0.6) is 5.75 Å². The predicted octanol–water partition coefficient (Wildman–Crippen LogP) is 3.79. The number of nitrogens with one attached hydrogen (secondary N) is 1. The van der Waals surface area contributed by atoms with Crippen LogP contribution in [0, 0.1) is 0 Å². The molecular formula is C14H20ClNO. The van der Waals surface area contributed by atoms with Crippen LogP contribution in [0.15, 0.2) is 30.9 Å². The molecule has 0 radical (unpaired) electrons. The molecule has 94 valence electrons. The van der Waals surface area contributed by atoms with Crippen molar-refractivity contribution in [3.05, 3.63) is 41.4 Å². The summed E-state index contributed by atoms with van der Waals surface area (Å²) >= 11 is 6.00. The van der Waals surface area contributed by atoms with Gasteiger partial charge in [0.15, 0.2) is 0 Å². The number of ether oxygens (including phenoxy) is 1. The molecule has 17 heavy (non-hydrogen) atoms. The number of halogens is 1. The molecule has 0 spiro atoms. The van der Waals surface area contributed by atoms with Gasteiger partial charge in [-0.25, -0.2) is 0 Å². The summed E-state index contributed by atoms with van der Waals surface area (Å²) in [4.78, 5) is 0. The van der Waals surface area contributed by atoms with Crippen molar-refractivity contribution >= 4 is 11.6 Å². The molecule has 0 aromatic heterocycles. The number of hydrogen-bond acceptors (Lipinski definition) is 2. The molecule has 0 amide bonds. The van der Waals surface area contributed by atoms with E-state index >= 15 is 0 Å². The average Bonchev–Trinajstić information content (AvgIpc) is 2.34. The van der Waals surface area contributed by atoms with Crippen molar-refractivity contribution in [3.63, 3.8) is 0 Å². The van der Waals surface area contributed by atoms with E-state index in [9.17, 15) is 0 Å². The molecule has 1 atom stereocenters. The van der Waals surface area contributed by atoms with Gasteiger partial charge in [0.2, 0.25) is 0 Å². The van der Waals surface area contributed by atoms with Gasteiger partial charge < -0.3 is 10.1 Å². The fourth-order valence-electron chi connectivity index (χ4n) is 1.40. The van der Waals surface area contributed by atoms with Gasteiger partial charge in [0.05, 0.1) is 0 Å². The van der Waals surface area contributed by atoms with Crippen LogP contribution in [0.4, 0.5) is 0 Å². The third kappa shape index (κ3) is 4.80. The zero-order chi connectivity index (χ0) is 12.7. The van der Waals surface area contributed by atoms with Crippen molar-refractivity contribution in [2.24, 2.45) is 0 Å². The van der Waals surface area contributed by atoms with E-state index < -0.39 is 0 Å². The fraction of sp³-hybridized carbons (Fsp3) is 0.429. The van der Waals surface area contributed by atoms with Crippen LogP contribution in [-0.4, -0.2) is 12.6 Å². The van der Waals surface area contributed by atoms with Gasteiger partial charge in [-0.1, -0.05) is 31.2 Å². The lowest BCUT2D eigenvalue weighted by Crippen LogP contribution is -2.24. The Morgan fingerprint density at radius 2 is 2.29 bits per heavy atom. The van der Waals surface area contributed by atoms with Crippen LogP contribution >= 0.6 is 11.6 Å². The molecular weight excluding hydrogens is 234 g/mol. The number of hydrogen-bond donors (Lipinski definition) is 1. The van der Waals surface area contributed by atoms with E-state index in [0.29, 0.717) is 12.6 Å². The third-order valence-electron chi connectivity index (χ3n) is 2.63. The zero-order valence-corrected chi connectivity index (χ0v) is 11.3. The van der Waals surface area contributed by atoms with Crippen LogP contribution < -0.4 is 10.1 Å². The summed E-state index contributed by atoms with van der Waals surface area (Å²) in [6.45, 7) is 9.24.